The van der Waals surface area contributed by atoms with Crippen LogP contribution < -0.4 is 14.8 Å². The number of nitrogens with zero attached hydrogens (tertiary/aromatic N) is 1. The van der Waals surface area contributed by atoms with E-state index in [0.717, 1.165) is 38.9 Å². The molecule has 0 unspecified atom stereocenters. The molecule has 1 N–H and O–H groups in total. The predicted molar refractivity (Wildman–Crippen MR) is 86.8 cm³/mol. The van der Waals surface area contributed by atoms with E-state index in [9.17, 15) is 4.79 Å². The van der Waals surface area contributed by atoms with E-state index in [1.165, 1.54) is 0 Å². The van der Waals surface area contributed by atoms with Gasteiger partial charge in [0.25, 0.3) is 5.91 Å². The molecule has 0 aromatic heterocycles. The van der Waals surface area contributed by atoms with Gasteiger partial charge in [-0.2, -0.15) is 0 Å². The maximum Gasteiger partial charge on any atom is 0.257 e. The average molecular weight is 306 g/mol. The lowest BCUT2D eigenvalue weighted by Crippen LogP contribution is -2.46. The third-order valence-corrected chi connectivity index (χ3v) is 4.11. The normalized spacial score (nSPS) is 15.4. The van der Waals surface area contributed by atoms with Gasteiger partial charge in [0.05, 0.1) is 19.8 Å². The minimum atomic E-state index is 0.0493. The molecule has 0 saturated carbocycles. The molecule has 122 valence electrons. The molecule has 1 aliphatic rings. The molecule has 5 heteroatoms. The van der Waals surface area contributed by atoms with Gasteiger partial charge in [0, 0.05) is 18.7 Å². The number of nitrogens with one attached hydrogen (secondary N) is 1. The summed E-state index contributed by atoms with van der Waals surface area (Å²) >= 11 is 0. The van der Waals surface area contributed by atoms with Crippen molar-refractivity contribution < 1.29 is 14.3 Å². The molecule has 5 nitrogen and oxygen atoms in total. The highest BCUT2D eigenvalue weighted by Crippen LogP contribution is 2.27. The second-order valence-corrected chi connectivity index (χ2v) is 5.55. The van der Waals surface area contributed by atoms with E-state index < -0.39 is 0 Å². The first kappa shape index (κ1) is 16.6. The van der Waals surface area contributed by atoms with Crippen molar-refractivity contribution in [2.75, 3.05) is 33.9 Å². The maximum absolute atomic E-state index is 13.0. The highest BCUT2D eigenvalue weighted by atomic mass is 16.5. The summed E-state index contributed by atoms with van der Waals surface area (Å²) in [6.45, 7) is 4.82. The number of hydrogen-bond acceptors (Lipinski definition) is 4. The molecular formula is C17H26N2O3. The fourth-order valence-electron chi connectivity index (χ4n) is 2.94. The van der Waals surface area contributed by atoms with E-state index in [0.29, 0.717) is 23.1 Å². The number of methoxy groups -OCH3 is 2. The molecule has 1 aromatic carbocycles. The third-order valence-electron chi connectivity index (χ3n) is 4.11. The highest BCUT2D eigenvalue weighted by Gasteiger charge is 2.27. The lowest BCUT2D eigenvalue weighted by molar-refractivity contribution is 0.0639. The summed E-state index contributed by atoms with van der Waals surface area (Å²) in [5.41, 5.74) is 0.607. The number of benzene rings is 1. The van der Waals surface area contributed by atoms with Crippen LogP contribution in [-0.4, -0.2) is 50.7 Å². The Hall–Kier alpha value is -1.75. The zero-order valence-electron chi connectivity index (χ0n) is 13.7. The van der Waals surface area contributed by atoms with Crippen molar-refractivity contribution >= 4 is 5.91 Å². The zero-order chi connectivity index (χ0) is 15.9. The molecule has 0 spiro atoms. The summed E-state index contributed by atoms with van der Waals surface area (Å²) in [7, 11) is 3.19. The average Bonchev–Trinajstić information content (AvgIpc) is 2.59. The van der Waals surface area contributed by atoms with Crippen LogP contribution in [0.2, 0.25) is 0 Å². The van der Waals surface area contributed by atoms with Crippen LogP contribution in [0, 0.1) is 0 Å². The second kappa shape index (κ2) is 8.03. The smallest absolute Gasteiger partial charge is 0.257 e. The summed E-state index contributed by atoms with van der Waals surface area (Å²) in [6.07, 6.45) is 2.96. The first-order valence-electron chi connectivity index (χ1n) is 7.95. The zero-order valence-corrected chi connectivity index (χ0v) is 13.7. The van der Waals surface area contributed by atoms with E-state index in [1.54, 1.807) is 26.4 Å². The Morgan fingerprint density at radius 2 is 2.00 bits per heavy atom. The van der Waals surface area contributed by atoms with Crippen LogP contribution in [0.1, 0.15) is 36.5 Å². The Morgan fingerprint density at radius 1 is 1.27 bits per heavy atom. The summed E-state index contributed by atoms with van der Waals surface area (Å²) in [5.74, 6) is 1.31. The number of rotatable bonds is 6. The number of piperidine rings is 1. The van der Waals surface area contributed by atoms with Gasteiger partial charge in [-0.1, -0.05) is 6.92 Å². The second-order valence-electron chi connectivity index (χ2n) is 5.55. The van der Waals surface area contributed by atoms with Gasteiger partial charge < -0.3 is 19.7 Å². The van der Waals surface area contributed by atoms with E-state index in [-0.39, 0.29) is 5.91 Å². The van der Waals surface area contributed by atoms with Crippen molar-refractivity contribution in [1.82, 2.24) is 10.2 Å². The molecule has 0 radical (unpaired) electrons. The van der Waals surface area contributed by atoms with Crippen LogP contribution in [0.4, 0.5) is 0 Å². The van der Waals surface area contributed by atoms with Gasteiger partial charge in [0.15, 0.2) is 0 Å². The molecule has 2 rings (SSSR count). The Morgan fingerprint density at radius 3 is 2.59 bits per heavy atom. The molecule has 1 aromatic rings. The van der Waals surface area contributed by atoms with Crippen LogP contribution in [0.5, 0.6) is 11.5 Å². The summed E-state index contributed by atoms with van der Waals surface area (Å²) in [5, 5.41) is 3.35. The van der Waals surface area contributed by atoms with Crippen molar-refractivity contribution in [3.63, 3.8) is 0 Å². The van der Waals surface area contributed by atoms with Gasteiger partial charge >= 0.3 is 0 Å². The molecule has 1 fully saturated rings. The van der Waals surface area contributed by atoms with Crippen LogP contribution in [0.15, 0.2) is 18.2 Å². The van der Waals surface area contributed by atoms with E-state index in [2.05, 4.69) is 12.2 Å². The highest BCUT2D eigenvalue weighted by molar-refractivity contribution is 5.97. The van der Waals surface area contributed by atoms with Crippen molar-refractivity contribution in [2.24, 2.45) is 0 Å². The Kier molecular flexibility index (Phi) is 6.07. The first-order chi connectivity index (χ1) is 10.7. The lowest BCUT2D eigenvalue weighted by Gasteiger charge is -2.35. The topological polar surface area (TPSA) is 50.8 Å². The molecule has 22 heavy (non-hydrogen) atoms. The number of carbonyl (C=O) groups excluding carboxylic acids is 1. The molecular weight excluding hydrogens is 280 g/mol. The standard InChI is InChI=1S/C17H26N2O3/c1-4-11-19(13-7-9-18-10-8-13)17(20)15-6-5-14(21-2)12-16(15)22-3/h5-6,12-13,18H,4,7-11H2,1-3H3. The van der Waals surface area contributed by atoms with Gasteiger partial charge in [-0.3, -0.25) is 4.79 Å². The minimum absolute atomic E-state index is 0.0493. The lowest BCUT2D eigenvalue weighted by atomic mass is 10.0. The number of ether oxygens (including phenoxy) is 2. The molecule has 0 bridgehead atoms. The molecule has 0 aliphatic carbocycles. The summed E-state index contributed by atoms with van der Waals surface area (Å²) in [6, 6.07) is 5.67. The van der Waals surface area contributed by atoms with Crippen LogP contribution in [0.3, 0.4) is 0 Å². The van der Waals surface area contributed by atoms with Crippen LogP contribution >= 0.6 is 0 Å². The van der Waals surface area contributed by atoms with Crippen molar-refractivity contribution in [1.29, 1.82) is 0 Å². The molecule has 1 saturated heterocycles. The minimum Gasteiger partial charge on any atom is -0.497 e. The molecule has 0 atom stereocenters. The first-order valence-corrected chi connectivity index (χ1v) is 7.95. The largest absolute Gasteiger partial charge is 0.497 e. The number of hydrogen-bond donors (Lipinski definition) is 1. The predicted octanol–water partition coefficient (Wildman–Crippen LogP) is 2.31. The van der Waals surface area contributed by atoms with E-state index >= 15 is 0 Å². The van der Waals surface area contributed by atoms with Crippen LogP contribution in [0.25, 0.3) is 0 Å². The Labute approximate surface area is 132 Å². The van der Waals surface area contributed by atoms with Gasteiger partial charge in [-0.05, 0) is 44.5 Å². The quantitative estimate of drug-likeness (QED) is 0.876. The fraction of sp³-hybridized carbons (Fsp3) is 0.588. The Bertz CT molecular complexity index is 499. The maximum atomic E-state index is 13.0. The van der Waals surface area contributed by atoms with E-state index in [1.807, 2.05) is 11.0 Å². The Balaban J connectivity index is 2.25. The number of carbonyl (C=O) groups is 1. The van der Waals surface area contributed by atoms with Crippen molar-refractivity contribution in [3.8, 4) is 11.5 Å². The molecule has 1 aliphatic heterocycles. The van der Waals surface area contributed by atoms with Gasteiger partial charge in [0.1, 0.15) is 11.5 Å². The molecule has 1 heterocycles. The van der Waals surface area contributed by atoms with E-state index in [4.69, 9.17) is 9.47 Å². The van der Waals surface area contributed by atoms with Gasteiger partial charge in [-0.25, -0.2) is 0 Å². The van der Waals surface area contributed by atoms with Crippen molar-refractivity contribution in [3.05, 3.63) is 23.8 Å². The number of amides is 1. The fourth-order valence-corrected chi connectivity index (χ4v) is 2.94. The third kappa shape index (κ3) is 3.71. The van der Waals surface area contributed by atoms with Crippen LogP contribution in [-0.2, 0) is 0 Å². The monoisotopic (exact) mass is 306 g/mol. The van der Waals surface area contributed by atoms with Gasteiger partial charge in [0.2, 0.25) is 0 Å². The van der Waals surface area contributed by atoms with Crippen molar-refractivity contribution in [2.45, 2.75) is 32.2 Å². The summed E-state index contributed by atoms with van der Waals surface area (Å²) < 4.78 is 10.6. The SMILES string of the molecule is CCCN(C(=O)c1ccc(OC)cc1OC)C1CCNCC1. The summed E-state index contributed by atoms with van der Waals surface area (Å²) in [4.78, 5) is 15.0. The van der Waals surface area contributed by atoms with Gasteiger partial charge in [-0.15, -0.1) is 0 Å². The molecule has 1 amide bonds.